The van der Waals surface area contributed by atoms with Crippen molar-refractivity contribution in [3.8, 4) is 11.5 Å². The molecule has 0 aromatic heterocycles. The second-order valence-electron chi connectivity index (χ2n) is 7.62. The maximum absolute atomic E-state index is 10.3. The topological polar surface area (TPSA) is 63.6 Å². The molecule has 3 rings (SSSR count). The molecule has 7 heteroatoms. The summed E-state index contributed by atoms with van der Waals surface area (Å²) < 4.78 is 22.2. The average Bonchev–Trinajstić information content (AvgIpc) is 2.74. The Labute approximate surface area is 168 Å². The molecule has 0 saturated carbocycles. The summed E-state index contributed by atoms with van der Waals surface area (Å²) >= 11 is 0. The minimum Gasteiger partial charge on any atom is -0.493 e. The van der Waals surface area contributed by atoms with Crippen LogP contribution >= 0.6 is 0 Å². The van der Waals surface area contributed by atoms with E-state index in [1.807, 2.05) is 12.1 Å². The van der Waals surface area contributed by atoms with E-state index in [0.29, 0.717) is 24.1 Å². The maximum Gasteiger partial charge on any atom is 0.161 e. The van der Waals surface area contributed by atoms with Gasteiger partial charge in [-0.3, -0.25) is 9.80 Å². The number of rotatable bonds is 9. The molecule has 2 fully saturated rings. The highest BCUT2D eigenvalue weighted by Gasteiger charge is 2.19. The lowest BCUT2D eigenvalue weighted by Gasteiger charge is -2.31. The molecule has 158 valence electrons. The Morgan fingerprint density at radius 3 is 2.57 bits per heavy atom. The van der Waals surface area contributed by atoms with E-state index in [1.54, 1.807) is 7.11 Å². The number of aliphatic hydroxyl groups is 1. The predicted octanol–water partition coefficient (Wildman–Crippen LogP) is 1.38. The molecule has 2 aliphatic rings. The summed E-state index contributed by atoms with van der Waals surface area (Å²) in [5.74, 6) is 1.37. The van der Waals surface area contributed by atoms with Gasteiger partial charge >= 0.3 is 0 Å². The van der Waals surface area contributed by atoms with E-state index in [2.05, 4.69) is 22.9 Å². The van der Waals surface area contributed by atoms with Crippen molar-refractivity contribution in [2.24, 2.45) is 0 Å². The summed E-state index contributed by atoms with van der Waals surface area (Å²) in [6.45, 7) is 6.56. The highest BCUT2D eigenvalue weighted by atomic mass is 16.5. The van der Waals surface area contributed by atoms with E-state index in [-0.39, 0.29) is 6.61 Å². The third-order valence-electron chi connectivity index (χ3n) is 5.48. The van der Waals surface area contributed by atoms with Gasteiger partial charge in [0.2, 0.25) is 0 Å². The number of β-amino-alcohol motifs (C(OH)–C–C–N with tert-alkyl or cyclic N) is 1. The fourth-order valence-corrected chi connectivity index (χ4v) is 3.79. The van der Waals surface area contributed by atoms with Crippen molar-refractivity contribution < 1.29 is 24.1 Å². The van der Waals surface area contributed by atoms with Crippen molar-refractivity contribution in [2.45, 2.75) is 31.5 Å². The van der Waals surface area contributed by atoms with Crippen LogP contribution in [0.25, 0.3) is 0 Å². The van der Waals surface area contributed by atoms with Gasteiger partial charge < -0.3 is 24.1 Å². The number of hydrogen-bond acceptors (Lipinski definition) is 7. The molecule has 1 N–H and O–H groups in total. The van der Waals surface area contributed by atoms with Crippen LogP contribution < -0.4 is 9.47 Å². The van der Waals surface area contributed by atoms with Crippen LogP contribution in [0.2, 0.25) is 0 Å². The number of aliphatic hydroxyl groups excluding tert-OH is 1. The maximum atomic E-state index is 10.3. The Balaban J connectivity index is 1.50. The van der Waals surface area contributed by atoms with Gasteiger partial charge in [0.05, 0.1) is 20.3 Å². The lowest BCUT2D eigenvalue weighted by molar-refractivity contribution is 0.00445. The molecule has 0 aliphatic carbocycles. The smallest absolute Gasteiger partial charge is 0.161 e. The van der Waals surface area contributed by atoms with Crippen LogP contribution in [0, 0.1) is 0 Å². The van der Waals surface area contributed by atoms with E-state index < -0.39 is 6.10 Å². The molecular weight excluding hydrogens is 360 g/mol. The molecule has 2 aliphatic heterocycles. The van der Waals surface area contributed by atoms with Gasteiger partial charge in [-0.2, -0.15) is 0 Å². The largest absolute Gasteiger partial charge is 0.493 e. The molecule has 0 bridgehead atoms. The quantitative estimate of drug-likeness (QED) is 0.679. The lowest BCUT2D eigenvalue weighted by Crippen LogP contribution is -2.42. The van der Waals surface area contributed by atoms with Crippen molar-refractivity contribution in [3.63, 3.8) is 0 Å². The van der Waals surface area contributed by atoms with Crippen LogP contribution in [0.5, 0.6) is 11.5 Å². The molecule has 0 radical (unpaired) electrons. The molecule has 1 unspecified atom stereocenters. The van der Waals surface area contributed by atoms with Gasteiger partial charge in [0.1, 0.15) is 12.7 Å². The van der Waals surface area contributed by atoms with Gasteiger partial charge in [-0.1, -0.05) is 6.07 Å². The van der Waals surface area contributed by atoms with Gasteiger partial charge in [-0.25, -0.2) is 0 Å². The van der Waals surface area contributed by atoms with Crippen LogP contribution in [-0.4, -0.2) is 93.9 Å². The van der Waals surface area contributed by atoms with E-state index >= 15 is 0 Å². The van der Waals surface area contributed by atoms with Crippen molar-refractivity contribution in [2.75, 3.05) is 66.8 Å². The minimum absolute atomic E-state index is 0.245. The highest BCUT2D eigenvalue weighted by Crippen LogP contribution is 2.29. The summed E-state index contributed by atoms with van der Waals surface area (Å²) in [5, 5.41) is 10.3. The zero-order valence-electron chi connectivity index (χ0n) is 17.1. The highest BCUT2D eigenvalue weighted by molar-refractivity contribution is 5.43. The summed E-state index contributed by atoms with van der Waals surface area (Å²) in [4.78, 5) is 4.58. The number of morpholine rings is 1. The minimum atomic E-state index is -0.540. The molecule has 7 nitrogen and oxygen atoms in total. The average molecular weight is 395 g/mol. The second kappa shape index (κ2) is 11.0. The second-order valence-corrected chi connectivity index (χ2v) is 7.62. The first-order valence-corrected chi connectivity index (χ1v) is 10.2. The molecule has 2 saturated heterocycles. The number of benzene rings is 1. The number of nitrogens with zero attached hydrogens (tertiary/aromatic N) is 2. The summed E-state index contributed by atoms with van der Waals surface area (Å²) in [7, 11) is 3.81. The summed E-state index contributed by atoms with van der Waals surface area (Å²) in [6, 6.07) is 6.60. The summed E-state index contributed by atoms with van der Waals surface area (Å²) in [5.41, 5.74) is 1.19. The third kappa shape index (κ3) is 6.32. The lowest BCUT2D eigenvalue weighted by atomic mass is 10.1. The number of hydrogen-bond donors (Lipinski definition) is 1. The first-order valence-electron chi connectivity index (χ1n) is 10.2. The molecule has 0 spiro atoms. The van der Waals surface area contributed by atoms with Gasteiger partial charge in [-0.05, 0) is 37.6 Å². The van der Waals surface area contributed by atoms with Crippen LogP contribution in [0.15, 0.2) is 18.2 Å². The SMILES string of the molecule is COc1cc(CN(C)C2CCOCC2)ccc1OCC(O)CN1CCOCC1. The van der Waals surface area contributed by atoms with E-state index in [9.17, 15) is 5.11 Å². The fourth-order valence-electron chi connectivity index (χ4n) is 3.79. The predicted molar refractivity (Wildman–Crippen MR) is 107 cm³/mol. The molecular formula is C21H34N2O5. The Morgan fingerprint density at radius 1 is 1.14 bits per heavy atom. The van der Waals surface area contributed by atoms with Crippen molar-refractivity contribution in [3.05, 3.63) is 23.8 Å². The van der Waals surface area contributed by atoms with Crippen molar-refractivity contribution in [1.29, 1.82) is 0 Å². The third-order valence-corrected chi connectivity index (χ3v) is 5.48. The van der Waals surface area contributed by atoms with Crippen molar-refractivity contribution in [1.82, 2.24) is 9.80 Å². The van der Waals surface area contributed by atoms with Gasteiger partial charge in [0.25, 0.3) is 0 Å². The van der Waals surface area contributed by atoms with Crippen LogP contribution in [-0.2, 0) is 16.0 Å². The van der Waals surface area contributed by atoms with Crippen LogP contribution in [0.3, 0.4) is 0 Å². The first kappa shape index (κ1) is 21.3. The van der Waals surface area contributed by atoms with Crippen molar-refractivity contribution >= 4 is 0 Å². The fraction of sp³-hybridized carbons (Fsp3) is 0.714. The van der Waals surface area contributed by atoms with Crippen LogP contribution in [0.1, 0.15) is 18.4 Å². The zero-order valence-corrected chi connectivity index (χ0v) is 17.1. The Bertz CT molecular complexity index is 588. The molecule has 28 heavy (non-hydrogen) atoms. The standard InChI is InChI=1S/C21H34N2O5/c1-22(18-5-9-26-10-6-18)14-17-3-4-20(21(13-17)25-2)28-16-19(24)15-23-7-11-27-12-8-23/h3-4,13,18-19,24H,5-12,14-16H2,1-2H3. The monoisotopic (exact) mass is 394 g/mol. The zero-order chi connectivity index (χ0) is 19.8. The first-order chi connectivity index (χ1) is 13.7. The molecule has 1 atom stereocenters. The van der Waals surface area contributed by atoms with Crippen LogP contribution in [0.4, 0.5) is 0 Å². The normalized spacial score (nSPS) is 20.3. The summed E-state index contributed by atoms with van der Waals surface area (Å²) in [6.07, 6.45) is 1.62. The van der Waals surface area contributed by atoms with E-state index in [4.69, 9.17) is 18.9 Å². The van der Waals surface area contributed by atoms with E-state index in [1.165, 1.54) is 5.56 Å². The number of ether oxygens (including phenoxy) is 4. The van der Waals surface area contributed by atoms with Gasteiger partial charge in [-0.15, -0.1) is 0 Å². The molecule has 1 aromatic rings. The Morgan fingerprint density at radius 2 is 1.86 bits per heavy atom. The molecule has 1 aromatic carbocycles. The Hall–Kier alpha value is -1.38. The molecule has 2 heterocycles. The number of methoxy groups -OCH3 is 1. The molecule has 0 amide bonds. The van der Waals surface area contributed by atoms with Gasteiger partial charge in [0.15, 0.2) is 11.5 Å². The van der Waals surface area contributed by atoms with E-state index in [0.717, 1.165) is 58.9 Å². The van der Waals surface area contributed by atoms with Gasteiger partial charge in [0, 0.05) is 45.4 Å². The Kier molecular flexibility index (Phi) is 8.36.